The van der Waals surface area contributed by atoms with Crippen LogP contribution in [0.4, 0.5) is 5.69 Å². The molecule has 0 amide bonds. The van der Waals surface area contributed by atoms with Gasteiger partial charge in [0.2, 0.25) is 0 Å². The van der Waals surface area contributed by atoms with E-state index in [1.54, 1.807) is 7.11 Å². The minimum absolute atomic E-state index is 0.423. The average Bonchev–Trinajstić information content (AvgIpc) is 3.34. The fourth-order valence-corrected chi connectivity index (χ4v) is 3.41. The summed E-state index contributed by atoms with van der Waals surface area (Å²) < 4.78 is 6.23. The molecule has 3 rings (SSSR count). The van der Waals surface area contributed by atoms with Crippen LogP contribution in [0.3, 0.4) is 0 Å². The van der Waals surface area contributed by atoms with Crippen LogP contribution in [0, 0.1) is 5.92 Å². The number of nitrogens with one attached hydrogen (secondary N) is 1. The van der Waals surface area contributed by atoms with E-state index in [-0.39, 0.29) is 0 Å². The second-order valence-electron chi connectivity index (χ2n) is 5.76. The molecule has 2 aromatic carbocycles. The zero-order valence-corrected chi connectivity index (χ0v) is 14.8. The lowest BCUT2D eigenvalue weighted by Gasteiger charge is -2.20. The molecular formula is C18H19BrClNO. The van der Waals surface area contributed by atoms with Gasteiger partial charge < -0.3 is 10.1 Å². The molecule has 22 heavy (non-hydrogen) atoms. The molecule has 0 bridgehead atoms. The van der Waals surface area contributed by atoms with Crippen molar-refractivity contribution >= 4 is 33.2 Å². The quantitative estimate of drug-likeness (QED) is 0.710. The van der Waals surface area contributed by atoms with Crippen LogP contribution in [0.2, 0.25) is 5.02 Å². The van der Waals surface area contributed by atoms with Crippen LogP contribution in [0.25, 0.3) is 0 Å². The molecule has 1 aliphatic carbocycles. The zero-order chi connectivity index (χ0) is 15.5. The first kappa shape index (κ1) is 15.7. The van der Waals surface area contributed by atoms with Crippen molar-refractivity contribution in [2.24, 2.45) is 5.92 Å². The largest absolute Gasteiger partial charge is 0.497 e. The highest BCUT2D eigenvalue weighted by atomic mass is 79.9. The van der Waals surface area contributed by atoms with Crippen LogP contribution in [0.1, 0.15) is 18.4 Å². The highest BCUT2D eigenvalue weighted by Crippen LogP contribution is 2.37. The van der Waals surface area contributed by atoms with Gasteiger partial charge in [-0.05, 0) is 67.1 Å². The van der Waals surface area contributed by atoms with Gasteiger partial charge in [-0.15, -0.1) is 0 Å². The Morgan fingerprint density at radius 2 is 1.95 bits per heavy atom. The SMILES string of the molecule is COc1ccc(N[C@@H](Cc2ccc(Br)cc2Cl)C2CC2)cc1. The first-order chi connectivity index (χ1) is 10.7. The van der Waals surface area contributed by atoms with Gasteiger partial charge in [-0.2, -0.15) is 0 Å². The van der Waals surface area contributed by atoms with Gasteiger partial charge in [0.05, 0.1) is 7.11 Å². The van der Waals surface area contributed by atoms with Gasteiger partial charge >= 0.3 is 0 Å². The van der Waals surface area contributed by atoms with Crippen molar-refractivity contribution in [2.75, 3.05) is 12.4 Å². The van der Waals surface area contributed by atoms with E-state index >= 15 is 0 Å². The van der Waals surface area contributed by atoms with Gasteiger partial charge in [0, 0.05) is 21.2 Å². The van der Waals surface area contributed by atoms with Crippen LogP contribution >= 0.6 is 27.5 Å². The second kappa shape index (κ2) is 6.93. The summed E-state index contributed by atoms with van der Waals surface area (Å²) in [7, 11) is 1.69. The number of hydrogen-bond donors (Lipinski definition) is 1. The van der Waals surface area contributed by atoms with Crippen molar-refractivity contribution < 1.29 is 4.74 Å². The maximum Gasteiger partial charge on any atom is 0.119 e. The van der Waals surface area contributed by atoms with E-state index in [1.165, 1.54) is 18.4 Å². The number of ether oxygens (including phenoxy) is 1. The molecule has 0 saturated heterocycles. The molecule has 1 saturated carbocycles. The number of methoxy groups -OCH3 is 1. The van der Waals surface area contributed by atoms with Gasteiger partial charge in [0.25, 0.3) is 0 Å². The summed E-state index contributed by atoms with van der Waals surface area (Å²) in [5, 5.41) is 4.49. The summed E-state index contributed by atoms with van der Waals surface area (Å²) in [6, 6.07) is 14.7. The zero-order valence-electron chi connectivity index (χ0n) is 12.5. The predicted octanol–water partition coefficient (Wildman–Crippen LogP) is 5.54. The van der Waals surface area contributed by atoms with Crippen molar-refractivity contribution in [1.29, 1.82) is 0 Å². The Labute approximate surface area is 145 Å². The third kappa shape index (κ3) is 3.96. The van der Waals surface area contributed by atoms with Crippen LogP contribution in [-0.2, 0) is 6.42 Å². The third-order valence-corrected chi connectivity index (χ3v) is 4.93. The molecule has 1 aliphatic rings. The summed E-state index contributed by atoms with van der Waals surface area (Å²) in [6.45, 7) is 0. The van der Waals surface area contributed by atoms with Crippen LogP contribution in [0.15, 0.2) is 46.9 Å². The first-order valence-electron chi connectivity index (χ1n) is 7.50. The van der Waals surface area contributed by atoms with E-state index in [0.29, 0.717) is 6.04 Å². The highest BCUT2D eigenvalue weighted by molar-refractivity contribution is 9.10. The van der Waals surface area contributed by atoms with Gasteiger partial charge in [0.1, 0.15) is 5.75 Å². The lowest BCUT2D eigenvalue weighted by atomic mass is 10.0. The lowest BCUT2D eigenvalue weighted by Crippen LogP contribution is -2.24. The average molecular weight is 381 g/mol. The van der Waals surface area contributed by atoms with Gasteiger partial charge in [-0.25, -0.2) is 0 Å². The summed E-state index contributed by atoms with van der Waals surface area (Å²) >= 11 is 9.83. The Bertz CT molecular complexity index is 640. The van der Waals surface area contributed by atoms with Crippen LogP contribution in [-0.4, -0.2) is 13.2 Å². The Balaban J connectivity index is 1.72. The standard InChI is InChI=1S/C18H19BrClNO/c1-22-16-8-6-15(7-9-16)21-18(12-2-3-12)10-13-4-5-14(19)11-17(13)20/h4-9,11-12,18,21H,2-3,10H2,1H3/t18-/m0/s1. The maximum atomic E-state index is 6.37. The smallest absolute Gasteiger partial charge is 0.119 e. The number of rotatable bonds is 6. The Kier molecular flexibility index (Phi) is 4.94. The Morgan fingerprint density at radius 3 is 2.55 bits per heavy atom. The number of benzene rings is 2. The molecule has 0 aliphatic heterocycles. The third-order valence-electron chi connectivity index (χ3n) is 4.09. The number of halogens is 2. The Hall–Kier alpha value is -1.19. The highest BCUT2D eigenvalue weighted by Gasteiger charge is 2.31. The molecular weight excluding hydrogens is 362 g/mol. The number of anilines is 1. The van der Waals surface area contributed by atoms with E-state index in [9.17, 15) is 0 Å². The molecule has 0 unspecified atom stereocenters. The summed E-state index contributed by atoms with van der Waals surface area (Å²) in [4.78, 5) is 0. The maximum absolute atomic E-state index is 6.37. The predicted molar refractivity (Wildman–Crippen MR) is 96.0 cm³/mol. The molecule has 116 valence electrons. The first-order valence-corrected chi connectivity index (χ1v) is 8.67. The van der Waals surface area contributed by atoms with E-state index in [2.05, 4.69) is 45.5 Å². The summed E-state index contributed by atoms with van der Waals surface area (Å²) in [5.41, 5.74) is 2.33. The minimum atomic E-state index is 0.423. The van der Waals surface area contributed by atoms with E-state index < -0.39 is 0 Å². The van der Waals surface area contributed by atoms with Crippen molar-refractivity contribution in [3.05, 3.63) is 57.5 Å². The monoisotopic (exact) mass is 379 g/mol. The summed E-state index contributed by atoms with van der Waals surface area (Å²) in [6.07, 6.45) is 3.53. The normalized spacial score (nSPS) is 15.4. The van der Waals surface area contributed by atoms with Crippen molar-refractivity contribution in [3.63, 3.8) is 0 Å². The van der Waals surface area contributed by atoms with Gasteiger partial charge in [-0.1, -0.05) is 33.6 Å². The fourth-order valence-electron chi connectivity index (χ4n) is 2.66. The molecule has 4 heteroatoms. The van der Waals surface area contributed by atoms with E-state index in [0.717, 1.165) is 33.3 Å². The molecule has 0 radical (unpaired) electrons. The van der Waals surface area contributed by atoms with Gasteiger partial charge in [-0.3, -0.25) is 0 Å². The number of hydrogen-bond acceptors (Lipinski definition) is 2. The second-order valence-corrected chi connectivity index (χ2v) is 7.08. The van der Waals surface area contributed by atoms with Crippen molar-refractivity contribution in [2.45, 2.75) is 25.3 Å². The van der Waals surface area contributed by atoms with Crippen LogP contribution < -0.4 is 10.1 Å². The topological polar surface area (TPSA) is 21.3 Å². The van der Waals surface area contributed by atoms with E-state index in [4.69, 9.17) is 16.3 Å². The molecule has 0 aromatic heterocycles. The fraction of sp³-hybridized carbons (Fsp3) is 0.333. The van der Waals surface area contributed by atoms with Crippen LogP contribution in [0.5, 0.6) is 5.75 Å². The molecule has 0 heterocycles. The van der Waals surface area contributed by atoms with Crippen molar-refractivity contribution in [3.8, 4) is 5.75 Å². The summed E-state index contributed by atoms with van der Waals surface area (Å²) in [5.74, 6) is 1.62. The molecule has 1 atom stereocenters. The van der Waals surface area contributed by atoms with Crippen molar-refractivity contribution in [1.82, 2.24) is 0 Å². The molecule has 1 fully saturated rings. The molecule has 1 N–H and O–H groups in total. The molecule has 2 nitrogen and oxygen atoms in total. The molecule has 0 spiro atoms. The van der Waals surface area contributed by atoms with E-state index in [1.807, 2.05) is 18.2 Å². The lowest BCUT2D eigenvalue weighted by molar-refractivity contribution is 0.415. The molecule has 2 aromatic rings. The minimum Gasteiger partial charge on any atom is -0.497 e. The Morgan fingerprint density at radius 1 is 1.23 bits per heavy atom. The van der Waals surface area contributed by atoms with Gasteiger partial charge in [0.15, 0.2) is 0 Å².